The number of rotatable bonds is 3. The summed E-state index contributed by atoms with van der Waals surface area (Å²) in [5.74, 6) is 0. The van der Waals surface area contributed by atoms with Crippen LogP contribution in [0, 0.1) is 0 Å². The topological polar surface area (TPSA) is 56.5 Å². The molecular weight excluding hydrogens is 246 g/mol. The van der Waals surface area contributed by atoms with Crippen molar-refractivity contribution in [3.05, 3.63) is 23.4 Å². The quantitative estimate of drug-likeness (QED) is 0.785. The number of aryl methyl sites for hydroxylation is 1. The van der Waals surface area contributed by atoms with Gasteiger partial charge in [0.2, 0.25) is 0 Å². The standard InChI is InChI=1S/C9H10ClN5S/c1-3-6-7(10)11-4-12-8(6)16-9-14-13-5-15(9)2/h4-5H,3H2,1-2H3. The van der Waals surface area contributed by atoms with Crippen LogP contribution in [0.15, 0.2) is 22.8 Å². The van der Waals surface area contributed by atoms with E-state index >= 15 is 0 Å². The SMILES string of the molecule is CCc1c(Cl)ncnc1Sc1nncn1C. The maximum Gasteiger partial charge on any atom is 0.197 e. The summed E-state index contributed by atoms with van der Waals surface area (Å²) in [5.41, 5.74) is 0.942. The lowest BCUT2D eigenvalue weighted by molar-refractivity contribution is 0.785. The van der Waals surface area contributed by atoms with E-state index in [0.717, 1.165) is 22.2 Å². The summed E-state index contributed by atoms with van der Waals surface area (Å²) in [7, 11) is 1.89. The van der Waals surface area contributed by atoms with Gasteiger partial charge < -0.3 is 4.57 Å². The molecule has 84 valence electrons. The molecule has 0 aromatic carbocycles. The summed E-state index contributed by atoms with van der Waals surface area (Å²) < 4.78 is 1.83. The van der Waals surface area contributed by atoms with Crippen molar-refractivity contribution in [1.29, 1.82) is 0 Å². The van der Waals surface area contributed by atoms with E-state index in [-0.39, 0.29) is 0 Å². The number of hydrogen-bond acceptors (Lipinski definition) is 5. The minimum atomic E-state index is 0.502. The molecule has 0 atom stereocenters. The first-order chi connectivity index (χ1) is 7.72. The Morgan fingerprint density at radius 2 is 2.25 bits per heavy atom. The minimum Gasteiger partial charge on any atom is -0.311 e. The van der Waals surface area contributed by atoms with E-state index in [1.807, 2.05) is 18.5 Å². The van der Waals surface area contributed by atoms with Gasteiger partial charge in [-0.3, -0.25) is 0 Å². The van der Waals surface area contributed by atoms with Crippen LogP contribution in [-0.2, 0) is 13.5 Å². The average molecular weight is 256 g/mol. The van der Waals surface area contributed by atoms with Gasteiger partial charge in [-0.2, -0.15) is 0 Å². The second kappa shape index (κ2) is 4.80. The van der Waals surface area contributed by atoms with Crippen molar-refractivity contribution >= 4 is 23.4 Å². The van der Waals surface area contributed by atoms with Gasteiger partial charge in [-0.25, -0.2) is 9.97 Å². The largest absolute Gasteiger partial charge is 0.311 e. The molecule has 0 spiro atoms. The summed E-state index contributed by atoms with van der Waals surface area (Å²) in [6.07, 6.45) is 3.90. The Hall–Kier alpha value is -1.14. The Morgan fingerprint density at radius 3 is 2.88 bits per heavy atom. The highest BCUT2D eigenvalue weighted by Crippen LogP contribution is 2.29. The van der Waals surface area contributed by atoms with E-state index in [2.05, 4.69) is 20.2 Å². The lowest BCUT2D eigenvalue weighted by Crippen LogP contribution is -1.96. The molecule has 5 nitrogen and oxygen atoms in total. The van der Waals surface area contributed by atoms with Crippen molar-refractivity contribution in [1.82, 2.24) is 24.7 Å². The molecule has 0 unspecified atom stereocenters. The van der Waals surface area contributed by atoms with Crippen molar-refractivity contribution in [2.24, 2.45) is 7.05 Å². The Bertz CT molecular complexity index is 498. The van der Waals surface area contributed by atoms with Crippen molar-refractivity contribution in [2.75, 3.05) is 0 Å². The van der Waals surface area contributed by atoms with Crippen LogP contribution in [0.5, 0.6) is 0 Å². The van der Waals surface area contributed by atoms with Crippen LogP contribution in [0.2, 0.25) is 5.15 Å². The zero-order chi connectivity index (χ0) is 11.5. The molecule has 16 heavy (non-hydrogen) atoms. The second-order valence-corrected chi connectivity index (χ2v) is 4.44. The van der Waals surface area contributed by atoms with Crippen LogP contribution in [0.4, 0.5) is 0 Å². The predicted molar refractivity (Wildman–Crippen MR) is 61.5 cm³/mol. The van der Waals surface area contributed by atoms with Crippen LogP contribution < -0.4 is 0 Å². The van der Waals surface area contributed by atoms with Crippen molar-refractivity contribution in [2.45, 2.75) is 23.5 Å². The van der Waals surface area contributed by atoms with Crippen LogP contribution >= 0.6 is 23.4 Å². The Labute approximate surface area is 102 Å². The highest BCUT2D eigenvalue weighted by molar-refractivity contribution is 7.99. The van der Waals surface area contributed by atoms with Gasteiger partial charge in [0.1, 0.15) is 22.8 Å². The van der Waals surface area contributed by atoms with E-state index in [1.54, 1.807) is 6.33 Å². The molecule has 0 N–H and O–H groups in total. The fourth-order valence-electron chi connectivity index (χ4n) is 1.21. The summed E-state index contributed by atoms with van der Waals surface area (Å²) in [4.78, 5) is 8.17. The zero-order valence-electron chi connectivity index (χ0n) is 8.88. The van der Waals surface area contributed by atoms with Crippen molar-refractivity contribution < 1.29 is 0 Å². The van der Waals surface area contributed by atoms with Gasteiger partial charge in [-0.05, 0) is 18.2 Å². The second-order valence-electron chi connectivity index (χ2n) is 3.13. The van der Waals surface area contributed by atoms with Crippen molar-refractivity contribution in [3.8, 4) is 0 Å². The van der Waals surface area contributed by atoms with Crippen LogP contribution in [0.1, 0.15) is 12.5 Å². The molecule has 0 saturated heterocycles. The third kappa shape index (κ3) is 2.17. The normalized spacial score (nSPS) is 10.7. The summed E-state index contributed by atoms with van der Waals surface area (Å²) >= 11 is 7.44. The monoisotopic (exact) mass is 255 g/mol. The fourth-order valence-corrected chi connectivity index (χ4v) is 2.45. The maximum absolute atomic E-state index is 6.00. The first-order valence-electron chi connectivity index (χ1n) is 4.73. The summed E-state index contributed by atoms with van der Waals surface area (Å²) in [5, 5.41) is 9.92. The molecule has 0 bridgehead atoms. The van der Waals surface area contributed by atoms with Gasteiger partial charge in [0.25, 0.3) is 0 Å². The van der Waals surface area contributed by atoms with E-state index in [4.69, 9.17) is 11.6 Å². The van der Waals surface area contributed by atoms with Gasteiger partial charge >= 0.3 is 0 Å². The molecule has 2 aromatic rings. The van der Waals surface area contributed by atoms with Crippen LogP contribution in [-0.4, -0.2) is 24.7 Å². The molecular formula is C9H10ClN5S. The van der Waals surface area contributed by atoms with Crippen LogP contribution in [0.25, 0.3) is 0 Å². The lowest BCUT2D eigenvalue weighted by Gasteiger charge is -2.06. The Kier molecular flexibility index (Phi) is 3.40. The Balaban J connectivity index is 2.35. The maximum atomic E-state index is 6.00. The molecule has 2 heterocycles. The molecule has 0 aliphatic carbocycles. The molecule has 2 rings (SSSR count). The lowest BCUT2D eigenvalue weighted by atomic mass is 10.3. The van der Waals surface area contributed by atoms with Crippen LogP contribution in [0.3, 0.4) is 0 Å². The highest BCUT2D eigenvalue weighted by Gasteiger charge is 2.12. The zero-order valence-corrected chi connectivity index (χ0v) is 10.5. The molecule has 0 fully saturated rings. The Morgan fingerprint density at radius 1 is 1.44 bits per heavy atom. The summed E-state index contributed by atoms with van der Waals surface area (Å²) in [6.45, 7) is 2.02. The highest BCUT2D eigenvalue weighted by atomic mass is 35.5. The van der Waals surface area contributed by atoms with E-state index in [1.165, 1.54) is 18.1 Å². The van der Waals surface area contributed by atoms with Gasteiger partial charge in [0.15, 0.2) is 5.16 Å². The van der Waals surface area contributed by atoms with Gasteiger partial charge in [-0.1, -0.05) is 18.5 Å². The van der Waals surface area contributed by atoms with E-state index in [9.17, 15) is 0 Å². The molecule has 0 amide bonds. The average Bonchev–Trinajstić information content (AvgIpc) is 2.65. The molecule has 0 saturated carbocycles. The number of aromatic nitrogens is 5. The predicted octanol–water partition coefficient (Wildman–Crippen LogP) is 1.97. The van der Waals surface area contributed by atoms with Gasteiger partial charge in [-0.15, -0.1) is 10.2 Å². The molecule has 2 aromatic heterocycles. The molecule has 0 aliphatic rings. The number of halogens is 1. The molecule has 7 heteroatoms. The number of nitrogens with zero attached hydrogens (tertiary/aromatic N) is 5. The van der Waals surface area contributed by atoms with Gasteiger partial charge in [0.05, 0.1) is 0 Å². The van der Waals surface area contributed by atoms with Gasteiger partial charge in [0, 0.05) is 12.6 Å². The number of hydrogen-bond donors (Lipinski definition) is 0. The first-order valence-corrected chi connectivity index (χ1v) is 5.93. The molecule has 0 aliphatic heterocycles. The summed E-state index contributed by atoms with van der Waals surface area (Å²) in [6, 6.07) is 0. The van der Waals surface area contributed by atoms with E-state index < -0.39 is 0 Å². The van der Waals surface area contributed by atoms with E-state index in [0.29, 0.717) is 5.15 Å². The molecule has 0 radical (unpaired) electrons. The third-order valence-corrected chi connectivity index (χ3v) is 3.49. The first kappa shape index (κ1) is 11.3. The fraction of sp³-hybridized carbons (Fsp3) is 0.333. The third-order valence-electron chi connectivity index (χ3n) is 2.06. The minimum absolute atomic E-state index is 0.502. The smallest absolute Gasteiger partial charge is 0.197 e. The van der Waals surface area contributed by atoms with Crippen molar-refractivity contribution in [3.63, 3.8) is 0 Å².